The van der Waals surface area contributed by atoms with Crippen molar-refractivity contribution < 1.29 is 28.0 Å². The summed E-state index contributed by atoms with van der Waals surface area (Å²) in [5.41, 5.74) is 0. The van der Waals surface area contributed by atoms with E-state index in [0.717, 1.165) is 0 Å². The maximum absolute atomic E-state index is 7.74. The van der Waals surface area contributed by atoms with Crippen LogP contribution >= 0.6 is 0 Å². The molecule has 0 unspecified atom stereocenters. The van der Waals surface area contributed by atoms with E-state index in [0.29, 0.717) is 0 Å². The third-order valence-electron chi connectivity index (χ3n) is 0.0707. The molecule has 0 aromatic rings. The molecule has 0 fully saturated rings. The van der Waals surface area contributed by atoms with Gasteiger partial charge in [0.25, 0.3) is 0 Å². The van der Waals surface area contributed by atoms with Gasteiger partial charge in [0.15, 0.2) is 0 Å². The Bertz CT molecular complexity index is 37.8. The summed E-state index contributed by atoms with van der Waals surface area (Å²) in [7, 11) is 0. The van der Waals surface area contributed by atoms with Crippen LogP contribution in [0.5, 0.6) is 0 Å². The number of nitrogens with zero attached hydrogens (tertiary/aromatic N) is 1. The molecule has 0 saturated heterocycles. The zero-order valence-corrected chi connectivity index (χ0v) is 7.60. The molecular formula is CHHgNO. The first-order chi connectivity index (χ1) is 1.91. The minimum atomic E-state index is -1.81. The fourth-order valence-corrected chi connectivity index (χ4v) is 0. The zero-order valence-electron chi connectivity index (χ0n) is 2.10. The van der Waals surface area contributed by atoms with Crippen LogP contribution in [0, 0.1) is 8.84 Å². The van der Waals surface area contributed by atoms with Gasteiger partial charge in [-0.15, -0.1) is 0 Å². The van der Waals surface area contributed by atoms with Crippen molar-refractivity contribution in [1.29, 1.82) is 5.26 Å². The molecule has 1 N–H and O–H groups in total. The molecule has 0 spiro atoms. The number of hydrogen-bond donors (Lipinski definition) is 1. The monoisotopic (exact) mass is 245 g/mol. The molecule has 0 aliphatic heterocycles. The Morgan fingerprint density at radius 2 is 2.25 bits per heavy atom. The fraction of sp³-hybridized carbons (Fsp3) is 0. The van der Waals surface area contributed by atoms with E-state index in [1.54, 1.807) is 3.58 Å². The number of rotatable bonds is 0. The van der Waals surface area contributed by atoms with Crippen molar-refractivity contribution in [2.75, 3.05) is 0 Å². The second-order valence-electron chi connectivity index (χ2n) is 0.316. The van der Waals surface area contributed by atoms with Crippen LogP contribution in [0.2, 0.25) is 0 Å². The Morgan fingerprint density at radius 1 is 2.00 bits per heavy atom. The predicted molar refractivity (Wildman–Crippen MR) is 7.83 cm³/mol. The molecule has 0 rings (SSSR count). The van der Waals surface area contributed by atoms with E-state index in [-0.39, 0.29) is 0 Å². The van der Waals surface area contributed by atoms with Crippen molar-refractivity contribution >= 4 is 0 Å². The molecule has 0 amide bonds. The maximum atomic E-state index is 7.74. The van der Waals surface area contributed by atoms with Crippen LogP contribution in [0.3, 0.4) is 0 Å². The standard InChI is InChI=1S/CN.Hg.H2O/c1-2;;/h;;1H2/q;+1;/p-1. The molecule has 0 aliphatic rings. The van der Waals surface area contributed by atoms with Crippen LogP contribution < -0.4 is 0 Å². The van der Waals surface area contributed by atoms with E-state index in [4.69, 9.17) is 8.28 Å². The molecule has 0 aromatic heterocycles. The second-order valence-corrected chi connectivity index (χ2v) is 2.77. The topological polar surface area (TPSA) is 44.0 Å². The second kappa shape index (κ2) is 3.39. The van der Waals surface area contributed by atoms with Gasteiger partial charge in [0.05, 0.1) is 0 Å². The van der Waals surface area contributed by atoms with E-state index >= 15 is 0 Å². The number of hydrogen-bond acceptors (Lipinski definition) is 2. The van der Waals surface area contributed by atoms with Gasteiger partial charge < -0.3 is 0 Å². The Balaban J connectivity index is 2.43. The van der Waals surface area contributed by atoms with E-state index in [1.807, 2.05) is 0 Å². The molecule has 0 aliphatic carbocycles. The Hall–Kier alpha value is 0.385. The summed E-state index contributed by atoms with van der Waals surface area (Å²) < 4.78 is 9.44. The van der Waals surface area contributed by atoms with Gasteiger partial charge in [-0.1, -0.05) is 0 Å². The quantitative estimate of drug-likeness (QED) is 0.581. The summed E-state index contributed by atoms with van der Waals surface area (Å²) in [5, 5.41) is 7.47. The molecule has 0 heterocycles. The van der Waals surface area contributed by atoms with Gasteiger partial charge in [0.2, 0.25) is 0 Å². The third kappa shape index (κ3) is 2.39. The average Bonchev–Trinajstić information content (AvgIpc) is 1.37. The van der Waals surface area contributed by atoms with Crippen molar-refractivity contribution in [3.8, 4) is 3.58 Å². The van der Waals surface area contributed by atoms with E-state index in [1.165, 1.54) is 0 Å². The van der Waals surface area contributed by atoms with Gasteiger partial charge in [0.1, 0.15) is 0 Å². The molecule has 4 heavy (non-hydrogen) atoms. The summed E-state index contributed by atoms with van der Waals surface area (Å²) in [6, 6.07) is 0. The van der Waals surface area contributed by atoms with Crippen molar-refractivity contribution in [2.24, 2.45) is 0 Å². The van der Waals surface area contributed by atoms with Crippen molar-refractivity contribution in [1.82, 2.24) is 0 Å². The SMILES string of the molecule is N#[C][Hg][OH]. The normalized spacial score (nSPS) is 3.00. The van der Waals surface area contributed by atoms with Crippen LogP contribution in [-0.2, 0) is 25.0 Å². The van der Waals surface area contributed by atoms with Crippen molar-refractivity contribution in [2.45, 2.75) is 0 Å². The molecule has 3 heteroatoms. The summed E-state index contributed by atoms with van der Waals surface area (Å²) in [4.78, 5) is 0. The molecule has 0 saturated carbocycles. The Labute approximate surface area is 37.2 Å². The van der Waals surface area contributed by atoms with Gasteiger partial charge in [-0.05, 0) is 0 Å². The van der Waals surface area contributed by atoms with Gasteiger partial charge in [0, 0.05) is 0 Å². The van der Waals surface area contributed by atoms with Crippen LogP contribution in [0.1, 0.15) is 0 Å². The molecular weight excluding hydrogens is 243 g/mol. The van der Waals surface area contributed by atoms with Gasteiger partial charge >= 0.3 is 36.9 Å². The summed E-state index contributed by atoms with van der Waals surface area (Å²) >= 11 is -1.81. The van der Waals surface area contributed by atoms with Gasteiger partial charge in [-0.2, -0.15) is 0 Å². The van der Waals surface area contributed by atoms with E-state index < -0.39 is 25.0 Å². The summed E-state index contributed by atoms with van der Waals surface area (Å²) in [5.74, 6) is 0. The summed E-state index contributed by atoms with van der Waals surface area (Å²) in [6.45, 7) is 0. The first-order valence-electron chi connectivity index (χ1n) is 0.893. The van der Waals surface area contributed by atoms with Gasteiger partial charge in [-0.3, -0.25) is 0 Å². The molecule has 18 valence electrons. The molecule has 0 radical (unpaired) electrons. The summed E-state index contributed by atoms with van der Waals surface area (Å²) in [6.07, 6.45) is 0. The Kier molecular flexibility index (Phi) is 3.71. The van der Waals surface area contributed by atoms with Crippen LogP contribution in [0.15, 0.2) is 0 Å². The Morgan fingerprint density at radius 3 is 2.25 bits per heavy atom. The molecule has 0 atom stereocenters. The van der Waals surface area contributed by atoms with Crippen molar-refractivity contribution in [3.63, 3.8) is 0 Å². The first kappa shape index (κ1) is 4.39. The fourth-order valence-electron chi connectivity index (χ4n) is 0. The van der Waals surface area contributed by atoms with Crippen LogP contribution in [0.4, 0.5) is 0 Å². The predicted octanol–water partition coefficient (Wildman–Crippen LogP) is -0.543. The number of nitriles is 1. The van der Waals surface area contributed by atoms with Crippen LogP contribution in [0.25, 0.3) is 0 Å². The zero-order chi connectivity index (χ0) is 3.41. The van der Waals surface area contributed by atoms with Crippen LogP contribution in [-0.4, -0.2) is 3.01 Å². The first-order valence-corrected chi connectivity index (χ1v) is 6.10. The van der Waals surface area contributed by atoms with E-state index in [2.05, 4.69) is 0 Å². The molecule has 0 aromatic carbocycles. The van der Waals surface area contributed by atoms with Crippen molar-refractivity contribution in [3.05, 3.63) is 0 Å². The third-order valence-corrected chi connectivity index (χ3v) is 0.620. The average molecular weight is 244 g/mol. The molecule has 2 nitrogen and oxygen atoms in total. The molecule has 0 bridgehead atoms. The minimum absolute atomic E-state index is 1.71. The van der Waals surface area contributed by atoms with E-state index in [9.17, 15) is 0 Å². The van der Waals surface area contributed by atoms with Gasteiger partial charge in [-0.25, -0.2) is 0 Å².